The molecular weight excluding hydrogens is 190 g/mol. The number of ether oxygens (including phenoxy) is 1. The van der Waals surface area contributed by atoms with E-state index in [4.69, 9.17) is 4.74 Å². The Morgan fingerprint density at radius 3 is 3.00 bits per heavy atom. The van der Waals surface area contributed by atoms with Gasteiger partial charge in [0.15, 0.2) is 5.78 Å². The summed E-state index contributed by atoms with van der Waals surface area (Å²) >= 11 is 0. The molecule has 0 aliphatic carbocycles. The summed E-state index contributed by atoms with van der Waals surface area (Å²) < 4.78 is 5.34. The van der Waals surface area contributed by atoms with E-state index < -0.39 is 0 Å². The minimum atomic E-state index is -0.00241. The maximum Gasteiger partial charge on any atom is 0.151 e. The van der Waals surface area contributed by atoms with Gasteiger partial charge in [-0.05, 0) is 19.9 Å². The lowest BCUT2D eigenvalue weighted by Gasteiger charge is -2.16. The second kappa shape index (κ2) is 6.60. The van der Waals surface area contributed by atoms with E-state index in [2.05, 4.69) is 24.1 Å². The van der Waals surface area contributed by atoms with E-state index >= 15 is 0 Å². The first kappa shape index (κ1) is 12.2. The van der Waals surface area contributed by atoms with Crippen LogP contribution < -0.4 is 5.32 Å². The molecule has 1 heterocycles. The van der Waals surface area contributed by atoms with Gasteiger partial charge in [0.1, 0.15) is 0 Å². The number of carbonyl (C=O) groups is 1. The summed E-state index contributed by atoms with van der Waals surface area (Å²) in [5, 5.41) is 3.34. The average Bonchev–Trinajstić information content (AvgIpc) is 2.71. The van der Waals surface area contributed by atoms with Crippen molar-refractivity contribution in [2.24, 2.45) is 5.92 Å². The van der Waals surface area contributed by atoms with Gasteiger partial charge in [-0.3, -0.25) is 4.79 Å². The van der Waals surface area contributed by atoms with Gasteiger partial charge in [-0.2, -0.15) is 0 Å². The van der Waals surface area contributed by atoms with Gasteiger partial charge in [-0.25, -0.2) is 0 Å². The third kappa shape index (κ3) is 3.65. The van der Waals surface area contributed by atoms with E-state index in [1.165, 1.54) is 0 Å². The third-order valence-electron chi connectivity index (χ3n) is 2.59. The van der Waals surface area contributed by atoms with Crippen molar-refractivity contribution in [3.8, 4) is 11.8 Å². The zero-order chi connectivity index (χ0) is 11.1. The minimum absolute atomic E-state index is 0.00241. The minimum Gasteiger partial charge on any atom is -0.379 e. The van der Waals surface area contributed by atoms with Crippen molar-refractivity contribution >= 4 is 5.78 Å². The predicted molar refractivity (Wildman–Crippen MR) is 59.5 cm³/mol. The maximum absolute atomic E-state index is 11.8. The quantitative estimate of drug-likeness (QED) is 0.686. The predicted octanol–water partition coefficient (Wildman–Crippen LogP) is 0.983. The molecule has 3 nitrogen and oxygen atoms in total. The molecule has 0 amide bonds. The number of hydrogen-bond donors (Lipinski definition) is 1. The topological polar surface area (TPSA) is 38.3 Å². The van der Waals surface area contributed by atoms with Crippen LogP contribution in [0.1, 0.15) is 26.7 Å². The van der Waals surface area contributed by atoms with E-state index in [9.17, 15) is 4.79 Å². The Morgan fingerprint density at radius 1 is 1.53 bits per heavy atom. The van der Waals surface area contributed by atoms with Crippen molar-refractivity contribution in [1.82, 2.24) is 5.32 Å². The van der Waals surface area contributed by atoms with Gasteiger partial charge in [0, 0.05) is 6.04 Å². The molecule has 1 fully saturated rings. The van der Waals surface area contributed by atoms with Gasteiger partial charge < -0.3 is 10.1 Å². The van der Waals surface area contributed by atoms with Gasteiger partial charge >= 0.3 is 0 Å². The molecule has 2 unspecified atom stereocenters. The first-order valence-corrected chi connectivity index (χ1v) is 5.53. The molecule has 0 radical (unpaired) electrons. The second-order valence-electron chi connectivity index (χ2n) is 3.77. The normalized spacial score (nSPS) is 24.7. The Kier molecular flexibility index (Phi) is 5.38. The largest absolute Gasteiger partial charge is 0.379 e. The standard InChI is InChI=1S/C12H19NO2/c1-3-5-6-12(14)10-8-15-9-11(10)13-7-4-2/h10-11,13H,4,6-9H2,1-2H3. The molecule has 0 aromatic heterocycles. The summed E-state index contributed by atoms with van der Waals surface area (Å²) in [5.74, 6) is 5.77. The summed E-state index contributed by atoms with van der Waals surface area (Å²) in [5.41, 5.74) is 0. The van der Waals surface area contributed by atoms with Crippen molar-refractivity contribution in [3.63, 3.8) is 0 Å². The molecule has 0 bridgehead atoms. The monoisotopic (exact) mass is 209 g/mol. The lowest BCUT2D eigenvalue weighted by molar-refractivity contribution is -0.122. The molecule has 0 aromatic rings. The zero-order valence-corrected chi connectivity index (χ0v) is 9.51. The Bertz CT molecular complexity index is 265. The maximum atomic E-state index is 11.8. The number of nitrogens with one attached hydrogen (secondary N) is 1. The molecular formula is C12H19NO2. The molecule has 2 atom stereocenters. The van der Waals surface area contributed by atoms with Gasteiger partial charge in [0.05, 0.1) is 25.6 Å². The highest BCUT2D eigenvalue weighted by molar-refractivity contribution is 5.84. The first-order chi connectivity index (χ1) is 7.29. The Labute approximate surface area is 91.6 Å². The van der Waals surface area contributed by atoms with Crippen molar-refractivity contribution < 1.29 is 9.53 Å². The fourth-order valence-electron chi connectivity index (χ4n) is 1.71. The van der Waals surface area contributed by atoms with Crippen LogP contribution in [0.25, 0.3) is 0 Å². The summed E-state index contributed by atoms with van der Waals surface area (Å²) in [4.78, 5) is 11.8. The molecule has 1 aliphatic rings. The highest BCUT2D eigenvalue weighted by Crippen LogP contribution is 2.16. The summed E-state index contributed by atoms with van der Waals surface area (Å²) in [6, 6.07) is 0.191. The first-order valence-electron chi connectivity index (χ1n) is 5.53. The van der Waals surface area contributed by atoms with Crippen LogP contribution in [0, 0.1) is 17.8 Å². The van der Waals surface area contributed by atoms with Crippen LogP contribution in [0.5, 0.6) is 0 Å². The van der Waals surface area contributed by atoms with Crippen LogP contribution in [0.4, 0.5) is 0 Å². The van der Waals surface area contributed by atoms with Gasteiger partial charge in [-0.15, -0.1) is 5.92 Å². The Balaban J connectivity index is 2.43. The van der Waals surface area contributed by atoms with Crippen LogP contribution in [-0.4, -0.2) is 31.6 Å². The van der Waals surface area contributed by atoms with Crippen LogP contribution >= 0.6 is 0 Å². The van der Waals surface area contributed by atoms with Crippen LogP contribution in [0.2, 0.25) is 0 Å². The van der Waals surface area contributed by atoms with Crippen molar-refractivity contribution in [2.45, 2.75) is 32.7 Å². The molecule has 0 aromatic carbocycles. The highest BCUT2D eigenvalue weighted by Gasteiger charge is 2.32. The average molecular weight is 209 g/mol. The van der Waals surface area contributed by atoms with E-state index in [0.717, 1.165) is 13.0 Å². The molecule has 84 valence electrons. The fraction of sp³-hybridized carbons (Fsp3) is 0.750. The van der Waals surface area contributed by atoms with Gasteiger partial charge in [-0.1, -0.05) is 12.8 Å². The number of rotatable bonds is 5. The van der Waals surface area contributed by atoms with Crippen LogP contribution in [0.15, 0.2) is 0 Å². The molecule has 1 rings (SSSR count). The summed E-state index contributed by atoms with van der Waals surface area (Å²) in [6.07, 6.45) is 1.43. The summed E-state index contributed by atoms with van der Waals surface area (Å²) in [6.45, 7) is 6.01. The number of Topliss-reactive ketones (excluding diaryl/α,β-unsaturated/α-hetero) is 1. The molecule has 0 saturated carbocycles. The second-order valence-corrected chi connectivity index (χ2v) is 3.77. The molecule has 1 N–H and O–H groups in total. The molecule has 0 spiro atoms. The van der Waals surface area contributed by atoms with Crippen molar-refractivity contribution in [3.05, 3.63) is 0 Å². The number of ketones is 1. The van der Waals surface area contributed by atoms with Crippen LogP contribution in [0.3, 0.4) is 0 Å². The van der Waals surface area contributed by atoms with Gasteiger partial charge in [0.2, 0.25) is 0 Å². The highest BCUT2D eigenvalue weighted by atomic mass is 16.5. The molecule has 1 saturated heterocycles. The Hall–Kier alpha value is -0.850. The van der Waals surface area contributed by atoms with Crippen LogP contribution in [-0.2, 0) is 9.53 Å². The lowest BCUT2D eigenvalue weighted by atomic mass is 9.96. The van der Waals surface area contributed by atoms with Crippen molar-refractivity contribution in [1.29, 1.82) is 0 Å². The lowest BCUT2D eigenvalue weighted by Crippen LogP contribution is -2.39. The van der Waals surface area contributed by atoms with E-state index in [1.54, 1.807) is 6.92 Å². The number of hydrogen-bond acceptors (Lipinski definition) is 3. The van der Waals surface area contributed by atoms with E-state index in [0.29, 0.717) is 19.6 Å². The molecule has 1 aliphatic heterocycles. The smallest absolute Gasteiger partial charge is 0.151 e. The zero-order valence-electron chi connectivity index (χ0n) is 9.51. The van der Waals surface area contributed by atoms with Gasteiger partial charge in [0.25, 0.3) is 0 Å². The number of carbonyl (C=O) groups excluding carboxylic acids is 1. The SMILES string of the molecule is CC#CCC(=O)C1COCC1NCCC. The molecule has 3 heteroatoms. The third-order valence-corrected chi connectivity index (χ3v) is 2.59. The van der Waals surface area contributed by atoms with Crippen molar-refractivity contribution in [2.75, 3.05) is 19.8 Å². The Morgan fingerprint density at radius 2 is 2.33 bits per heavy atom. The van der Waals surface area contributed by atoms with E-state index in [1.807, 2.05) is 0 Å². The summed E-state index contributed by atoms with van der Waals surface area (Å²) in [7, 11) is 0. The molecule has 15 heavy (non-hydrogen) atoms. The van der Waals surface area contributed by atoms with E-state index in [-0.39, 0.29) is 17.7 Å². The fourth-order valence-corrected chi connectivity index (χ4v) is 1.71.